The Labute approximate surface area is 100 Å². The van der Waals surface area contributed by atoms with Crippen LogP contribution < -0.4 is 10.6 Å². The number of hydrogen-bond donors (Lipinski definition) is 2. The van der Waals surface area contributed by atoms with Crippen molar-refractivity contribution in [3.63, 3.8) is 0 Å². The molecular formula is C13H27N3. The van der Waals surface area contributed by atoms with Gasteiger partial charge in [0.05, 0.1) is 0 Å². The van der Waals surface area contributed by atoms with Gasteiger partial charge >= 0.3 is 0 Å². The molecule has 0 bridgehead atoms. The zero-order valence-electron chi connectivity index (χ0n) is 11.2. The summed E-state index contributed by atoms with van der Waals surface area (Å²) >= 11 is 0. The molecule has 2 atom stereocenters. The molecule has 16 heavy (non-hydrogen) atoms. The van der Waals surface area contributed by atoms with Gasteiger partial charge in [-0.15, -0.1) is 0 Å². The first kappa shape index (κ1) is 13.3. The summed E-state index contributed by atoms with van der Waals surface area (Å²) in [4.78, 5) is 4.66. The summed E-state index contributed by atoms with van der Waals surface area (Å²) in [6, 6.07) is 0.652. The zero-order valence-corrected chi connectivity index (χ0v) is 11.2. The van der Waals surface area contributed by atoms with Crippen molar-refractivity contribution in [3.8, 4) is 0 Å². The normalized spacial score (nSPS) is 24.7. The van der Waals surface area contributed by atoms with Crippen molar-refractivity contribution < 1.29 is 0 Å². The van der Waals surface area contributed by atoms with Crippen LogP contribution in [0.15, 0.2) is 4.99 Å². The summed E-state index contributed by atoms with van der Waals surface area (Å²) in [5.41, 5.74) is 0. The second kappa shape index (κ2) is 6.77. The van der Waals surface area contributed by atoms with Crippen LogP contribution in [0.3, 0.4) is 0 Å². The number of rotatable bonds is 6. The highest BCUT2D eigenvalue weighted by Gasteiger charge is 2.33. The second-order valence-corrected chi connectivity index (χ2v) is 4.87. The van der Waals surface area contributed by atoms with Crippen molar-refractivity contribution in [1.29, 1.82) is 0 Å². The minimum absolute atomic E-state index is 0.652. The van der Waals surface area contributed by atoms with E-state index in [1.807, 2.05) is 0 Å². The predicted molar refractivity (Wildman–Crippen MR) is 70.8 cm³/mol. The molecule has 2 unspecified atom stereocenters. The van der Waals surface area contributed by atoms with Crippen molar-refractivity contribution in [3.05, 3.63) is 0 Å². The Hall–Kier alpha value is -0.730. The van der Waals surface area contributed by atoms with E-state index in [4.69, 9.17) is 0 Å². The van der Waals surface area contributed by atoms with Gasteiger partial charge in [0.15, 0.2) is 5.96 Å². The van der Waals surface area contributed by atoms with Crippen LogP contribution in [0.5, 0.6) is 0 Å². The lowest BCUT2D eigenvalue weighted by molar-refractivity contribution is 0.504. The molecule has 0 aliphatic heterocycles. The molecule has 0 saturated heterocycles. The highest BCUT2D eigenvalue weighted by atomic mass is 15.2. The molecule has 0 amide bonds. The van der Waals surface area contributed by atoms with Crippen molar-refractivity contribution in [2.24, 2.45) is 16.8 Å². The molecule has 3 heteroatoms. The van der Waals surface area contributed by atoms with E-state index in [-0.39, 0.29) is 0 Å². The van der Waals surface area contributed by atoms with Gasteiger partial charge in [-0.3, -0.25) is 4.99 Å². The first-order chi connectivity index (χ1) is 7.71. The van der Waals surface area contributed by atoms with E-state index in [1.165, 1.54) is 19.3 Å². The quantitative estimate of drug-likeness (QED) is 0.538. The average molecular weight is 225 g/mol. The zero-order chi connectivity index (χ0) is 12.0. The summed E-state index contributed by atoms with van der Waals surface area (Å²) in [6.45, 7) is 10.8. The van der Waals surface area contributed by atoms with E-state index >= 15 is 0 Å². The van der Waals surface area contributed by atoms with Crippen LogP contribution in [0.2, 0.25) is 0 Å². The molecule has 0 aromatic rings. The topological polar surface area (TPSA) is 36.4 Å². The van der Waals surface area contributed by atoms with Crippen molar-refractivity contribution >= 4 is 5.96 Å². The van der Waals surface area contributed by atoms with Gasteiger partial charge in [0.25, 0.3) is 0 Å². The molecular weight excluding hydrogens is 198 g/mol. The largest absolute Gasteiger partial charge is 0.357 e. The Kier molecular flexibility index (Phi) is 5.64. The second-order valence-electron chi connectivity index (χ2n) is 4.87. The van der Waals surface area contributed by atoms with E-state index in [1.54, 1.807) is 0 Å². The maximum atomic E-state index is 4.66. The van der Waals surface area contributed by atoms with Crippen molar-refractivity contribution in [2.45, 2.75) is 53.0 Å². The van der Waals surface area contributed by atoms with Crippen molar-refractivity contribution in [2.75, 3.05) is 13.1 Å². The molecule has 1 rings (SSSR count). The Morgan fingerprint density at radius 3 is 2.38 bits per heavy atom. The molecule has 1 aliphatic carbocycles. The Morgan fingerprint density at radius 2 is 1.94 bits per heavy atom. The minimum Gasteiger partial charge on any atom is -0.357 e. The first-order valence-corrected chi connectivity index (χ1v) is 6.76. The van der Waals surface area contributed by atoms with Gasteiger partial charge in [-0.2, -0.15) is 0 Å². The third-order valence-electron chi connectivity index (χ3n) is 3.44. The SMILES string of the molecule is CCNC(=NCC(CC)CC)NC1CC1C. The summed E-state index contributed by atoms with van der Waals surface area (Å²) in [6.07, 6.45) is 3.73. The monoisotopic (exact) mass is 225 g/mol. The highest BCUT2D eigenvalue weighted by molar-refractivity contribution is 5.80. The van der Waals surface area contributed by atoms with Crippen LogP contribution in [-0.4, -0.2) is 25.1 Å². The van der Waals surface area contributed by atoms with E-state index in [0.717, 1.165) is 30.9 Å². The Bertz CT molecular complexity index is 221. The molecule has 2 N–H and O–H groups in total. The fourth-order valence-electron chi connectivity index (χ4n) is 1.79. The first-order valence-electron chi connectivity index (χ1n) is 6.76. The minimum atomic E-state index is 0.652. The molecule has 1 fully saturated rings. The van der Waals surface area contributed by atoms with Crippen LogP contribution in [-0.2, 0) is 0 Å². The Balaban J connectivity index is 2.37. The van der Waals surface area contributed by atoms with Gasteiger partial charge in [-0.05, 0) is 25.2 Å². The fourth-order valence-corrected chi connectivity index (χ4v) is 1.79. The van der Waals surface area contributed by atoms with Gasteiger partial charge in [-0.1, -0.05) is 33.6 Å². The summed E-state index contributed by atoms with van der Waals surface area (Å²) in [5, 5.41) is 6.80. The van der Waals surface area contributed by atoms with E-state index in [2.05, 4.69) is 43.3 Å². The highest BCUT2D eigenvalue weighted by Crippen LogP contribution is 2.28. The van der Waals surface area contributed by atoms with Crippen LogP contribution in [0.4, 0.5) is 0 Å². The summed E-state index contributed by atoms with van der Waals surface area (Å²) in [7, 11) is 0. The lowest BCUT2D eigenvalue weighted by atomic mass is 10.0. The fraction of sp³-hybridized carbons (Fsp3) is 0.923. The smallest absolute Gasteiger partial charge is 0.191 e. The number of nitrogens with one attached hydrogen (secondary N) is 2. The maximum absolute atomic E-state index is 4.66. The predicted octanol–water partition coefficient (Wildman–Crippen LogP) is 2.39. The molecule has 94 valence electrons. The molecule has 3 nitrogen and oxygen atoms in total. The third-order valence-corrected chi connectivity index (χ3v) is 3.44. The molecule has 1 aliphatic rings. The lowest BCUT2D eigenvalue weighted by Crippen LogP contribution is -2.39. The van der Waals surface area contributed by atoms with Crippen LogP contribution in [0.25, 0.3) is 0 Å². The third kappa shape index (κ3) is 4.42. The van der Waals surface area contributed by atoms with Crippen LogP contribution in [0.1, 0.15) is 47.0 Å². The number of nitrogens with zero attached hydrogens (tertiary/aromatic N) is 1. The Morgan fingerprint density at radius 1 is 1.31 bits per heavy atom. The molecule has 0 spiro atoms. The van der Waals surface area contributed by atoms with Gasteiger partial charge in [0, 0.05) is 19.1 Å². The molecule has 0 radical (unpaired) electrons. The lowest BCUT2D eigenvalue weighted by Gasteiger charge is -2.13. The average Bonchev–Trinajstić information content (AvgIpc) is 2.96. The summed E-state index contributed by atoms with van der Waals surface area (Å²) < 4.78 is 0. The van der Waals surface area contributed by atoms with Crippen LogP contribution >= 0.6 is 0 Å². The van der Waals surface area contributed by atoms with E-state index in [9.17, 15) is 0 Å². The summed E-state index contributed by atoms with van der Waals surface area (Å²) in [5.74, 6) is 2.55. The molecule has 0 heterocycles. The van der Waals surface area contributed by atoms with E-state index in [0.29, 0.717) is 6.04 Å². The van der Waals surface area contributed by atoms with Gasteiger partial charge in [0.2, 0.25) is 0 Å². The van der Waals surface area contributed by atoms with E-state index < -0.39 is 0 Å². The van der Waals surface area contributed by atoms with Crippen LogP contribution in [0, 0.1) is 11.8 Å². The van der Waals surface area contributed by atoms with Gasteiger partial charge < -0.3 is 10.6 Å². The molecule has 0 aromatic carbocycles. The van der Waals surface area contributed by atoms with Crippen molar-refractivity contribution in [1.82, 2.24) is 10.6 Å². The maximum Gasteiger partial charge on any atom is 0.191 e. The van der Waals surface area contributed by atoms with Gasteiger partial charge in [-0.25, -0.2) is 0 Å². The molecule has 0 aromatic heterocycles. The van der Waals surface area contributed by atoms with Gasteiger partial charge in [0.1, 0.15) is 0 Å². The standard InChI is InChI=1S/C13H27N3/c1-5-11(6-2)9-15-13(14-7-3)16-12-8-10(12)4/h10-12H,5-9H2,1-4H3,(H2,14,15,16). The molecule has 1 saturated carbocycles. The number of hydrogen-bond acceptors (Lipinski definition) is 1. The number of aliphatic imine (C=N–C) groups is 1. The number of guanidine groups is 1.